The summed E-state index contributed by atoms with van der Waals surface area (Å²) in [6.07, 6.45) is 4.77. The zero-order valence-electron chi connectivity index (χ0n) is 10.2. The predicted octanol–water partition coefficient (Wildman–Crippen LogP) is 1.56. The Bertz CT molecular complexity index is 419. The molecular formula is C13H18N2OS. The Labute approximate surface area is 106 Å². The second-order valence-electron chi connectivity index (χ2n) is 5.00. The number of nitrogens with zero attached hydrogens (tertiary/aromatic N) is 1. The topological polar surface area (TPSA) is 32.3 Å². The van der Waals surface area contributed by atoms with Crippen molar-refractivity contribution in [2.45, 2.75) is 38.3 Å². The van der Waals surface area contributed by atoms with E-state index >= 15 is 0 Å². The molecule has 4 heteroatoms. The van der Waals surface area contributed by atoms with Crippen LogP contribution in [0.1, 0.15) is 28.2 Å². The summed E-state index contributed by atoms with van der Waals surface area (Å²) < 4.78 is 0. The van der Waals surface area contributed by atoms with Crippen LogP contribution in [0.25, 0.3) is 0 Å². The van der Waals surface area contributed by atoms with Crippen molar-refractivity contribution in [3.05, 3.63) is 21.4 Å². The summed E-state index contributed by atoms with van der Waals surface area (Å²) in [6, 6.07) is 2.36. The minimum absolute atomic E-state index is 0.0388. The molecule has 3 rings (SSSR count). The Hall–Kier alpha value is -0.870. The van der Waals surface area contributed by atoms with E-state index in [-0.39, 0.29) is 11.9 Å². The molecule has 0 aromatic carbocycles. The van der Waals surface area contributed by atoms with E-state index in [1.807, 2.05) is 23.3 Å². The van der Waals surface area contributed by atoms with Gasteiger partial charge in [-0.3, -0.25) is 4.79 Å². The largest absolute Gasteiger partial charge is 0.344 e. The number of aryl methyl sites for hydroxylation is 2. The van der Waals surface area contributed by atoms with Crippen LogP contribution in [0.4, 0.5) is 0 Å². The molecule has 1 aromatic heterocycles. The maximum absolute atomic E-state index is 11.7. The number of thiophene rings is 1. The standard InChI is InChI=1S/C13H18N2OS/c1-15-6-5-11(13(15)16)14-8-10-7-9-3-2-4-12(9)17-10/h7,11,14H,2-6,8H2,1H3. The third-order valence-corrected chi connectivity index (χ3v) is 4.98. The number of likely N-dealkylation sites (N-methyl/N-ethyl adjacent to an activating group) is 1. The van der Waals surface area contributed by atoms with Gasteiger partial charge in [0.1, 0.15) is 0 Å². The number of amides is 1. The number of carbonyl (C=O) groups is 1. The first-order valence-electron chi connectivity index (χ1n) is 6.33. The molecule has 0 saturated carbocycles. The van der Waals surface area contributed by atoms with Gasteiger partial charge in [0, 0.05) is 29.9 Å². The lowest BCUT2D eigenvalue weighted by atomic mass is 10.2. The van der Waals surface area contributed by atoms with Gasteiger partial charge < -0.3 is 10.2 Å². The molecule has 1 aliphatic heterocycles. The maximum Gasteiger partial charge on any atom is 0.239 e. The van der Waals surface area contributed by atoms with Crippen LogP contribution >= 0.6 is 11.3 Å². The van der Waals surface area contributed by atoms with Crippen molar-refractivity contribution in [2.24, 2.45) is 0 Å². The van der Waals surface area contributed by atoms with Crippen LogP contribution in [-0.4, -0.2) is 30.4 Å². The van der Waals surface area contributed by atoms with E-state index in [9.17, 15) is 4.79 Å². The SMILES string of the molecule is CN1CCC(NCc2cc3c(s2)CCC3)C1=O. The molecule has 1 unspecified atom stereocenters. The molecule has 1 atom stereocenters. The van der Waals surface area contributed by atoms with Gasteiger partial charge >= 0.3 is 0 Å². The summed E-state index contributed by atoms with van der Waals surface area (Å²) in [4.78, 5) is 16.5. The van der Waals surface area contributed by atoms with E-state index in [1.54, 1.807) is 10.4 Å². The second-order valence-corrected chi connectivity index (χ2v) is 6.22. The number of likely N-dealkylation sites (tertiary alicyclic amines) is 1. The molecule has 0 radical (unpaired) electrons. The lowest BCUT2D eigenvalue weighted by Crippen LogP contribution is -2.36. The quantitative estimate of drug-likeness (QED) is 0.883. The van der Waals surface area contributed by atoms with Gasteiger partial charge in [-0.05, 0) is 37.3 Å². The number of rotatable bonds is 3. The van der Waals surface area contributed by atoms with Gasteiger partial charge in [-0.2, -0.15) is 0 Å². The van der Waals surface area contributed by atoms with E-state index in [2.05, 4.69) is 11.4 Å². The molecular weight excluding hydrogens is 232 g/mol. The summed E-state index contributed by atoms with van der Waals surface area (Å²) in [6.45, 7) is 1.74. The molecule has 1 aliphatic carbocycles. The summed E-state index contributed by atoms with van der Waals surface area (Å²) in [5.41, 5.74) is 1.54. The Morgan fingerprint density at radius 1 is 1.53 bits per heavy atom. The maximum atomic E-state index is 11.7. The summed E-state index contributed by atoms with van der Waals surface area (Å²) >= 11 is 1.92. The van der Waals surface area contributed by atoms with E-state index in [0.29, 0.717) is 0 Å². The van der Waals surface area contributed by atoms with Gasteiger partial charge in [0.05, 0.1) is 6.04 Å². The summed E-state index contributed by atoms with van der Waals surface area (Å²) in [5.74, 6) is 0.245. The van der Waals surface area contributed by atoms with Crippen LogP contribution in [-0.2, 0) is 24.2 Å². The highest BCUT2D eigenvalue weighted by Crippen LogP contribution is 2.30. The first kappa shape index (κ1) is 11.2. The lowest BCUT2D eigenvalue weighted by molar-refractivity contribution is -0.128. The first-order valence-corrected chi connectivity index (χ1v) is 7.14. The minimum atomic E-state index is 0.0388. The smallest absolute Gasteiger partial charge is 0.239 e. The fourth-order valence-electron chi connectivity index (χ4n) is 2.71. The molecule has 2 aliphatic rings. The first-order chi connectivity index (χ1) is 8.24. The van der Waals surface area contributed by atoms with Crippen molar-refractivity contribution in [1.82, 2.24) is 10.2 Å². The third kappa shape index (κ3) is 2.11. The molecule has 92 valence electrons. The fourth-order valence-corrected chi connectivity index (χ4v) is 3.93. The average Bonchev–Trinajstić information content (AvgIpc) is 2.94. The van der Waals surface area contributed by atoms with Crippen molar-refractivity contribution in [1.29, 1.82) is 0 Å². The van der Waals surface area contributed by atoms with E-state index in [0.717, 1.165) is 19.5 Å². The lowest BCUT2D eigenvalue weighted by Gasteiger charge is -2.11. The minimum Gasteiger partial charge on any atom is -0.344 e. The zero-order valence-corrected chi connectivity index (χ0v) is 11.0. The van der Waals surface area contributed by atoms with E-state index in [4.69, 9.17) is 0 Å². The Morgan fingerprint density at radius 2 is 2.41 bits per heavy atom. The highest BCUT2D eigenvalue weighted by Gasteiger charge is 2.28. The molecule has 1 N–H and O–H groups in total. The van der Waals surface area contributed by atoms with Gasteiger partial charge in [-0.1, -0.05) is 0 Å². The number of fused-ring (bicyclic) bond motifs is 1. The summed E-state index contributed by atoms with van der Waals surface area (Å²) in [5, 5.41) is 3.39. The Balaban J connectivity index is 1.59. The number of carbonyl (C=O) groups excluding carboxylic acids is 1. The highest BCUT2D eigenvalue weighted by molar-refractivity contribution is 7.12. The van der Waals surface area contributed by atoms with Crippen LogP contribution in [0.5, 0.6) is 0 Å². The number of hydrogen-bond acceptors (Lipinski definition) is 3. The van der Waals surface area contributed by atoms with Crippen LogP contribution in [0, 0.1) is 0 Å². The van der Waals surface area contributed by atoms with Gasteiger partial charge in [0.15, 0.2) is 0 Å². The molecule has 2 heterocycles. The van der Waals surface area contributed by atoms with E-state index < -0.39 is 0 Å². The Kier molecular flexibility index (Phi) is 2.92. The second kappa shape index (κ2) is 4.42. The van der Waals surface area contributed by atoms with Gasteiger partial charge in [0.25, 0.3) is 0 Å². The highest BCUT2D eigenvalue weighted by atomic mass is 32.1. The molecule has 1 saturated heterocycles. The molecule has 0 spiro atoms. The summed E-state index contributed by atoms with van der Waals surface area (Å²) in [7, 11) is 1.88. The van der Waals surface area contributed by atoms with Crippen LogP contribution in [0.15, 0.2) is 6.07 Å². The van der Waals surface area contributed by atoms with Gasteiger partial charge in [-0.25, -0.2) is 0 Å². The van der Waals surface area contributed by atoms with Crippen LogP contribution in [0.2, 0.25) is 0 Å². The zero-order chi connectivity index (χ0) is 11.8. The van der Waals surface area contributed by atoms with Gasteiger partial charge in [0.2, 0.25) is 5.91 Å². The number of hydrogen-bond donors (Lipinski definition) is 1. The van der Waals surface area contributed by atoms with Gasteiger partial charge in [-0.15, -0.1) is 11.3 Å². The fraction of sp³-hybridized carbons (Fsp3) is 0.615. The van der Waals surface area contributed by atoms with E-state index in [1.165, 1.54) is 24.1 Å². The van der Waals surface area contributed by atoms with Crippen molar-refractivity contribution >= 4 is 17.2 Å². The van der Waals surface area contributed by atoms with Crippen molar-refractivity contribution < 1.29 is 4.79 Å². The Morgan fingerprint density at radius 3 is 3.12 bits per heavy atom. The molecule has 1 fully saturated rings. The molecule has 3 nitrogen and oxygen atoms in total. The molecule has 17 heavy (non-hydrogen) atoms. The van der Waals surface area contributed by atoms with Crippen molar-refractivity contribution in [3.8, 4) is 0 Å². The average molecular weight is 250 g/mol. The number of nitrogens with one attached hydrogen (secondary N) is 1. The van der Waals surface area contributed by atoms with Crippen LogP contribution < -0.4 is 5.32 Å². The monoisotopic (exact) mass is 250 g/mol. The molecule has 0 bridgehead atoms. The molecule has 1 amide bonds. The van der Waals surface area contributed by atoms with Crippen molar-refractivity contribution in [3.63, 3.8) is 0 Å². The van der Waals surface area contributed by atoms with Crippen molar-refractivity contribution in [2.75, 3.05) is 13.6 Å². The molecule has 1 aromatic rings. The normalized spacial score (nSPS) is 23.5. The third-order valence-electron chi connectivity index (χ3n) is 3.75. The van der Waals surface area contributed by atoms with Crippen LogP contribution in [0.3, 0.4) is 0 Å². The predicted molar refractivity (Wildman–Crippen MR) is 69.2 cm³/mol.